The fourth-order valence-corrected chi connectivity index (χ4v) is 1.26. The number of hydrogen-bond acceptors (Lipinski definition) is 0. The van der Waals surface area contributed by atoms with E-state index in [1.165, 1.54) is 17.5 Å². The normalized spacial score (nSPS) is 7.68. The molecule has 0 nitrogen and oxygen atoms in total. The molecule has 2 aromatic rings. The van der Waals surface area contributed by atoms with Crippen LogP contribution in [0.1, 0.15) is 48.0 Å². The zero-order valence-electron chi connectivity index (χ0n) is 13.5. The third-order valence-electron chi connectivity index (χ3n) is 1.88. The van der Waals surface area contributed by atoms with Gasteiger partial charge in [0.25, 0.3) is 0 Å². The Labute approximate surface area is 120 Å². The maximum absolute atomic E-state index is 2.12. The van der Waals surface area contributed by atoms with E-state index >= 15 is 0 Å². The third-order valence-corrected chi connectivity index (χ3v) is 1.88. The average molecular weight is 258 g/mol. The summed E-state index contributed by atoms with van der Waals surface area (Å²) >= 11 is 0. The van der Waals surface area contributed by atoms with E-state index in [1.807, 2.05) is 39.8 Å². The fraction of sp³-hybridized carbons (Fsp3) is 0.368. The summed E-state index contributed by atoms with van der Waals surface area (Å²) in [4.78, 5) is 0. The molecule has 106 valence electrons. The lowest BCUT2D eigenvalue weighted by molar-refractivity contribution is 1.09. The molecule has 0 radical (unpaired) electrons. The standard InChI is InChI=1S/C12H10.C3H8.2C2H6/c1-3-7-11(8-4-1)12-9-5-2-6-10-12;1-3-2;2*1-2/h1-10H;3H2,1-2H3;2*1-2H3. The molecule has 0 aliphatic heterocycles. The van der Waals surface area contributed by atoms with Gasteiger partial charge < -0.3 is 0 Å². The van der Waals surface area contributed by atoms with Crippen LogP contribution < -0.4 is 0 Å². The van der Waals surface area contributed by atoms with Crippen LogP contribution in [0.4, 0.5) is 0 Å². The Balaban J connectivity index is 0. The second-order valence-corrected chi connectivity index (χ2v) is 3.44. The molecule has 0 amide bonds. The first-order valence-corrected chi connectivity index (χ1v) is 7.49. The first-order chi connectivity index (χ1) is 9.38. The third kappa shape index (κ3) is 10.1. The van der Waals surface area contributed by atoms with Crippen molar-refractivity contribution in [3.05, 3.63) is 60.7 Å². The minimum atomic E-state index is 1.25. The van der Waals surface area contributed by atoms with Crippen LogP contribution in [0, 0.1) is 0 Å². The van der Waals surface area contributed by atoms with Crippen molar-refractivity contribution in [2.45, 2.75) is 48.0 Å². The van der Waals surface area contributed by atoms with E-state index in [2.05, 4.69) is 62.4 Å². The van der Waals surface area contributed by atoms with Gasteiger partial charge in [-0.25, -0.2) is 0 Å². The van der Waals surface area contributed by atoms with Crippen LogP contribution in [-0.2, 0) is 0 Å². The lowest BCUT2D eigenvalue weighted by atomic mass is 10.1. The summed E-state index contributed by atoms with van der Waals surface area (Å²) in [5, 5.41) is 0. The molecular weight excluding hydrogens is 228 g/mol. The maximum Gasteiger partial charge on any atom is -0.0184 e. The Hall–Kier alpha value is -1.56. The molecule has 0 unspecified atom stereocenters. The molecule has 0 spiro atoms. The lowest BCUT2D eigenvalue weighted by Gasteiger charge is -1.98. The number of rotatable bonds is 1. The SMILES string of the molecule is CC.CC.CCC.c1ccc(-c2ccccc2)cc1. The second kappa shape index (κ2) is 16.4. The summed E-state index contributed by atoms with van der Waals surface area (Å²) in [6.45, 7) is 12.2. The molecular formula is C19H30. The Kier molecular flexibility index (Phi) is 17.1. The summed E-state index contributed by atoms with van der Waals surface area (Å²) < 4.78 is 0. The van der Waals surface area contributed by atoms with E-state index in [0.717, 1.165) is 0 Å². The van der Waals surface area contributed by atoms with Gasteiger partial charge in [0.2, 0.25) is 0 Å². The summed E-state index contributed by atoms with van der Waals surface area (Å²) in [5.74, 6) is 0. The highest BCUT2D eigenvalue weighted by Crippen LogP contribution is 2.17. The zero-order chi connectivity index (χ0) is 14.9. The summed E-state index contributed by atoms with van der Waals surface area (Å²) in [5.41, 5.74) is 2.55. The van der Waals surface area contributed by atoms with Gasteiger partial charge >= 0.3 is 0 Å². The van der Waals surface area contributed by atoms with E-state index in [4.69, 9.17) is 0 Å². The highest BCUT2D eigenvalue weighted by molar-refractivity contribution is 5.62. The Bertz CT molecular complexity index is 311. The van der Waals surface area contributed by atoms with Crippen molar-refractivity contribution in [1.29, 1.82) is 0 Å². The molecule has 0 aliphatic rings. The van der Waals surface area contributed by atoms with Crippen LogP contribution in [-0.4, -0.2) is 0 Å². The highest BCUT2D eigenvalue weighted by atomic mass is 14.0. The van der Waals surface area contributed by atoms with Crippen molar-refractivity contribution in [1.82, 2.24) is 0 Å². The zero-order valence-corrected chi connectivity index (χ0v) is 13.5. The van der Waals surface area contributed by atoms with Crippen LogP contribution in [0.2, 0.25) is 0 Å². The van der Waals surface area contributed by atoms with Crippen LogP contribution in [0.5, 0.6) is 0 Å². The largest absolute Gasteiger partial charge is 0.0683 e. The lowest BCUT2D eigenvalue weighted by Crippen LogP contribution is -1.73. The van der Waals surface area contributed by atoms with Gasteiger partial charge in [-0.05, 0) is 11.1 Å². The molecule has 0 heterocycles. The van der Waals surface area contributed by atoms with Crippen molar-refractivity contribution < 1.29 is 0 Å². The van der Waals surface area contributed by atoms with E-state index in [9.17, 15) is 0 Å². The Morgan fingerprint density at radius 3 is 0.947 bits per heavy atom. The molecule has 2 aromatic carbocycles. The van der Waals surface area contributed by atoms with Crippen molar-refractivity contribution in [3.8, 4) is 11.1 Å². The second-order valence-electron chi connectivity index (χ2n) is 3.44. The molecule has 0 aliphatic carbocycles. The first kappa shape index (κ1) is 19.8. The molecule has 2 rings (SSSR count). The Morgan fingerprint density at radius 1 is 0.526 bits per heavy atom. The van der Waals surface area contributed by atoms with Crippen molar-refractivity contribution in [2.24, 2.45) is 0 Å². The van der Waals surface area contributed by atoms with Gasteiger partial charge in [0.1, 0.15) is 0 Å². The maximum atomic E-state index is 2.12. The fourth-order valence-electron chi connectivity index (χ4n) is 1.26. The van der Waals surface area contributed by atoms with Crippen molar-refractivity contribution in [3.63, 3.8) is 0 Å². The van der Waals surface area contributed by atoms with E-state index < -0.39 is 0 Å². The van der Waals surface area contributed by atoms with Gasteiger partial charge in [-0.3, -0.25) is 0 Å². The molecule has 0 atom stereocenters. The quantitative estimate of drug-likeness (QED) is 0.526. The molecule has 0 fully saturated rings. The van der Waals surface area contributed by atoms with Crippen LogP contribution in [0.15, 0.2) is 60.7 Å². The number of benzene rings is 2. The predicted molar refractivity (Wildman–Crippen MR) is 90.5 cm³/mol. The molecule has 0 saturated carbocycles. The minimum Gasteiger partial charge on any atom is -0.0683 e. The summed E-state index contributed by atoms with van der Waals surface area (Å²) in [6.07, 6.45) is 1.25. The van der Waals surface area contributed by atoms with E-state index in [0.29, 0.717) is 0 Å². The van der Waals surface area contributed by atoms with Gasteiger partial charge in [0.15, 0.2) is 0 Å². The molecule has 0 saturated heterocycles. The smallest absolute Gasteiger partial charge is 0.0184 e. The number of hydrogen-bond donors (Lipinski definition) is 0. The molecule has 0 aromatic heterocycles. The summed E-state index contributed by atoms with van der Waals surface area (Å²) in [6, 6.07) is 20.8. The topological polar surface area (TPSA) is 0 Å². The van der Waals surface area contributed by atoms with Gasteiger partial charge in [0.05, 0.1) is 0 Å². The van der Waals surface area contributed by atoms with Gasteiger partial charge in [-0.15, -0.1) is 0 Å². The molecule has 0 N–H and O–H groups in total. The van der Waals surface area contributed by atoms with E-state index in [1.54, 1.807) is 0 Å². The highest BCUT2D eigenvalue weighted by Gasteiger charge is 1.91. The van der Waals surface area contributed by atoms with Crippen molar-refractivity contribution in [2.75, 3.05) is 0 Å². The average Bonchev–Trinajstić information content (AvgIpc) is 2.54. The minimum absolute atomic E-state index is 1.25. The Morgan fingerprint density at radius 2 is 0.737 bits per heavy atom. The van der Waals surface area contributed by atoms with Gasteiger partial charge in [-0.2, -0.15) is 0 Å². The predicted octanol–water partition coefficient (Wildman–Crippen LogP) is 6.82. The van der Waals surface area contributed by atoms with Crippen LogP contribution in [0.25, 0.3) is 11.1 Å². The van der Waals surface area contributed by atoms with Gasteiger partial charge in [-0.1, -0.05) is 109 Å². The van der Waals surface area contributed by atoms with Crippen LogP contribution >= 0.6 is 0 Å². The van der Waals surface area contributed by atoms with Crippen molar-refractivity contribution >= 4 is 0 Å². The molecule has 0 bridgehead atoms. The molecule has 0 heteroatoms. The molecule has 19 heavy (non-hydrogen) atoms. The van der Waals surface area contributed by atoms with E-state index in [-0.39, 0.29) is 0 Å². The van der Waals surface area contributed by atoms with Crippen LogP contribution in [0.3, 0.4) is 0 Å². The summed E-state index contributed by atoms with van der Waals surface area (Å²) in [7, 11) is 0. The van der Waals surface area contributed by atoms with Gasteiger partial charge in [0, 0.05) is 0 Å². The monoisotopic (exact) mass is 258 g/mol. The first-order valence-electron chi connectivity index (χ1n) is 7.49.